The second-order valence-electron chi connectivity index (χ2n) is 6.20. The first kappa shape index (κ1) is 13.3. The molecule has 0 radical (unpaired) electrons. The average molecular weight is 226 g/mol. The molecule has 2 amide bonds. The van der Waals surface area contributed by atoms with Crippen molar-refractivity contribution in [3.63, 3.8) is 0 Å². The van der Waals surface area contributed by atoms with Crippen molar-refractivity contribution in [3.8, 4) is 0 Å². The van der Waals surface area contributed by atoms with Gasteiger partial charge in [0.05, 0.1) is 0 Å². The van der Waals surface area contributed by atoms with E-state index in [0.29, 0.717) is 18.0 Å². The molecule has 0 unspecified atom stereocenters. The van der Waals surface area contributed by atoms with E-state index in [-0.39, 0.29) is 6.03 Å². The number of rotatable bonds is 3. The van der Waals surface area contributed by atoms with Crippen molar-refractivity contribution in [2.24, 2.45) is 11.3 Å². The summed E-state index contributed by atoms with van der Waals surface area (Å²) in [5.74, 6) is 0.807. The van der Waals surface area contributed by atoms with Crippen LogP contribution in [0.5, 0.6) is 0 Å². The van der Waals surface area contributed by atoms with Crippen LogP contribution in [0.25, 0.3) is 0 Å². The minimum absolute atomic E-state index is 0.0710. The van der Waals surface area contributed by atoms with Crippen LogP contribution in [-0.2, 0) is 0 Å². The van der Waals surface area contributed by atoms with Crippen LogP contribution in [0.1, 0.15) is 47.0 Å². The lowest BCUT2D eigenvalue weighted by molar-refractivity contribution is 0.0912. The smallest absolute Gasteiger partial charge is 0.317 e. The molecule has 16 heavy (non-hydrogen) atoms. The summed E-state index contributed by atoms with van der Waals surface area (Å²) >= 11 is 0. The lowest BCUT2D eigenvalue weighted by Crippen LogP contribution is -2.49. The van der Waals surface area contributed by atoms with Gasteiger partial charge in [0.1, 0.15) is 0 Å². The molecule has 0 saturated heterocycles. The van der Waals surface area contributed by atoms with E-state index in [4.69, 9.17) is 0 Å². The van der Waals surface area contributed by atoms with Crippen molar-refractivity contribution in [1.29, 1.82) is 0 Å². The molecule has 1 aliphatic rings. The van der Waals surface area contributed by atoms with Crippen LogP contribution in [-0.4, -0.2) is 30.6 Å². The zero-order valence-corrected chi connectivity index (χ0v) is 11.3. The van der Waals surface area contributed by atoms with Crippen LogP contribution in [0.3, 0.4) is 0 Å². The molecule has 0 aromatic carbocycles. The molecule has 1 aliphatic carbocycles. The van der Waals surface area contributed by atoms with Crippen molar-refractivity contribution in [2.45, 2.75) is 53.0 Å². The molecule has 3 heteroatoms. The van der Waals surface area contributed by atoms with Gasteiger partial charge in [0, 0.05) is 19.6 Å². The predicted octanol–water partition coefficient (Wildman–Crippen LogP) is 2.86. The monoisotopic (exact) mass is 226 g/mol. The second-order valence-corrected chi connectivity index (χ2v) is 6.20. The maximum Gasteiger partial charge on any atom is 0.317 e. The minimum Gasteiger partial charge on any atom is -0.338 e. The SMILES string of the molecule is CCNC(=O)N(C)C1CC(CC(C)(C)C)C1. The third-order valence-corrected chi connectivity index (χ3v) is 3.31. The Hall–Kier alpha value is -0.730. The molecular weight excluding hydrogens is 200 g/mol. The molecule has 0 spiro atoms. The Kier molecular flexibility index (Phi) is 4.22. The molecule has 0 aromatic rings. The molecule has 0 aromatic heterocycles. The van der Waals surface area contributed by atoms with E-state index in [1.165, 1.54) is 19.3 Å². The van der Waals surface area contributed by atoms with Gasteiger partial charge in [0.15, 0.2) is 0 Å². The first-order chi connectivity index (χ1) is 7.33. The maximum absolute atomic E-state index is 11.6. The Balaban J connectivity index is 2.27. The first-order valence-electron chi connectivity index (χ1n) is 6.34. The summed E-state index contributed by atoms with van der Waals surface area (Å²) in [4.78, 5) is 13.4. The third kappa shape index (κ3) is 3.69. The van der Waals surface area contributed by atoms with Gasteiger partial charge in [0.2, 0.25) is 0 Å². The summed E-state index contributed by atoms with van der Waals surface area (Å²) in [5.41, 5.74) is 0.417. The van der Waals surface area contributed by atoms with E-state index in [0.717, 1.165) is 5.92 Å². The standard InChI is InChI=1S/C13H26N2O/c1-6-14-12(16)15(5)11-7-10(8-11)9-13(2,3)4/h10-11H,6-9H2,1-5H3,(H,14,16). The van der Waals surface area contributed by atoms with E-state index < -0.39 is 0 Å². The third-order valence-electron chi connectivity index (χ3n) is 3.31. The van der Waals surface area contributed by atoms with Crippen molar-refractivity contribution < 1.29 is 4.79 Å². The Bertz CT molecular complexity index is 239. The highest BCUT2D eigenvalue weighted by atomic mass is 16.2. The van der Waals surface area contributed by atoms with E-state index in [9.17, 15) is 4.79 Å². The van der Waals surface area contributed by atoms with Gasteiger partial charge in [-0.1, -0.05) is 20.8 Å². The summed E-state index contributed by atoms with van der Waals surface area (Å²) in [7, 11) is 1.91. The number of nitrogens with zero attached hydrogens (tertiary/aromatic N) is 1. The first-order valence-corrected chi connectivity index (χ1v) is 6.34. The number of urea groups is 1. The van der Waals surface area contributed by atoms with Gasteiger partial charge in [-0.15, -0.1) is 0 Å². The maximum atomic E-state index is 11.6. The normalized spacial score (nSPS) is 24.8. The molecule has 0 aliphatic heterocycles. The zero-order chi connectivity index (χ0) is 12.3. The van der Waals surface area contributed by atoms with Crippen molar-refractivity contribution in [1.82, 2.24) is 10.2 Å². The van der Waals surface area contributed by atoms with Gasteiger partial charge >= 0.3 is 6.03 Å². The highest BCUT2D eigenvalue weighted by Crippen LogP contribution is 2.39. The molecule has 0 bridgehead atoms. The fourth-order valence-electron chi connectivity index (χ4n) is 2.49. The van der Waals surface area contributed by atoms with Crippen LogP contribution >= 0.6 is 0 Å². The molecule has 0 heterocycles. The fourth-order valence-corrected chi connectivity index (χ4v) is 2.49. The van der Waals surface area contributed by atoms with Crippen molar-refractivity contribution >= 4 is 6.03 Å². The predicted molar refractivity (Wildman–Crippen MR) is 67.4 cm³/mol. The number of hydrogen-bond donors (Lipinski definition) is 1. The molecule has 3 nitrogen and oxygen atoms in total. The summed E-state index contributed by atoms with van der Waals surface area (Å²) in [6.07, 6.45) is 3.61. The summed E-state index contributed by atoms with van der Waals surface area (Å²) < 4.78 is 0. The Morgan fingerprint density at radius 3 is 2.38 bits per heavy atom. The van der Waals surface area contributed by atoms with Gasteiger partial charge in [-0.25, -0.2) is 4.79 Å². The Morgan fingerprint density at radius 1 is 1.38 bits per heavy atom. The second kappa shape index (κ2) is 5.07. The van der Waals surface area contributed by atoms with Crippen LogP contribution in [0.2, 0.25) is 0 Å². The van der Waals surface area contributed by atoms with Crippen LogP contribution in [0.4, 0.5) is 4.79 Å². The van der Waals surface area contributed by atoms with Gasteiger partial charge in [-0.2, -0.15) is 0 Å². The number of hydrogen-bond acceptors (Lipinski definition) is 1. The van der Waals surface area contributed by atoms with Gasteiger partial charge in [0.25, 0.3) is 0 Å². The van der Waals surface area contributed by atoms with Crippen LogP contribution in [0.15, 0.2) is 0 Å². The van der Waals surface area contributed by atoms with Crippen LogP contribution in [0, 0.1) is 11.3 Å². The average Bonchev–Trinajstić information content (AvgIpc) is 2.08. The van der Waals surface area contributed by atoms with E-state index in [2.05, 4.69) is 26.1 Å². The quantitative estimate of drug-likeness (QED) is 0.788. The molecule has 1 N–H and O–H groups in total. The number of carbonyl (C=O) groups excluding carboxylic acids is 1. The fraction of sp³-hybridized carbons (Fsp3) is 0.923. The largest absolute Gasteiger partial charge is 0.338 e. The molecular formula is C13H26N2O. The van der Waals surface area contributed by atoms with E-state index in [1.807, 2.05) is 18.9 Å². The molecule has 1 fully saturated rings. The lowest BCUT2D eigenvalue weighted by atomic mass is 9.71. The Morgan fingerprint density at radius 2 is 1.94 bits per heavy atom. The molecule has 0 atom stereocenters. The van der Waals surface area contributed by atoms with Crippen molar-refractivity contribution in [3.05, 3.63) is 0 Å². The van der Waals surface area contributed by atoms with Crippen molar-refractivity contribution in [2.75, 3.05) is 13.6 Å². The molecule has 1 saturated carbocycles. The van der Waals surface area contributed by atoms with E-state index in [1.54, 1.807) is 0 Å². The minimum atomic E-state index is 0.0710. The molecule has 94 valence electrons. The summed E-state index contributed by atoms with van der Waals surface area (Å²) in [6, 6.07) is 0.528. The number of carbonyl (C=O) groups is 1. The highest BCUT2D eigenvalue weighted by Gasteiger charge is 2.35. The van der Waals surface area contributed by atoms with Crippen LogP contribution < -0.4 is 5.32 Å². The van der Waals surface area contributed by atoms with Gasteiger partial charge in [-0.05, 0) is 37.5 Å². The summed E-state index contributed by atoms with van der Waals surface area (Å²) in [5, 5.41) is 2.84. The van der Waals surface area contributed by atoms with Gasteiger partial charge in [-0.3, -0.25) is 0 Å². The summed E-state index contributed by atoms with van der Waals surface area (Å²) in [6.45, 7) is 9.52. The Labute approximate surface area is 99.6 Å². The topological polar surface area (TPSA) is 32.3 Å². The zero-order valence-electron chi connectivity index (χ0n) is 11.3. The highest BCUT2D eigenvalue weighted by molar-refractivity contribution is 5.74. The van der Waals surface area contributed by atoms with E-state index >= 15 is 0 Å². The number of nitrogens with one attached hydrogen (secondary N) is 1. The number of amides is 2. The lowest BCUT2D eigenvalue weighted by Gasteiger charge is -2.43. The molecule has 1 rings (SSSR count). The van der Waals surface area contributed by atoms with Gasteiger partial charge < -0.3 is 10.2 Å².